The van der Waals surface area contributed by atoms with Crippen molar-refractivity contribution < 1.29 is 13.2 Å². The van der Waals surface area contributed by atoms with E-state index in [4.69, 9.17) is 11.6 Å². The van der Waals surface area contributed by atoms with E-state index in [2.05, 4.69) is 25.5 Å². The summed E-state index contributed by atoms with van der Waals surface area (Å²) in [6.07, 6.45) is -4.59. The van der Waals surface area contributed by atoms with Crippen LogP contribution in [0.2, 0.25) is 5.02 Å². The molecule has 0 fully saturated rings. The van der Waals surface area contributed by atoms with Gasteiger partial charge < -0.3 is 4.98 Å². The number of nitrogens with one attached hydrogen (secondary N) is 1. The van der Waals surface area contributed by atoms with Crippen LogP contribution in [0.25, 0.3) is 16.7 Å². The summed E-state index contributed by atoms with van der Waals surface area (Å²) in [6.45, 7) is 0. The van der Waals surface area contributed by atoms with Crippen molar-refractivity contribution in [1.82, 2.24) is 30.2 Å². The van der Waals surface area contributed by atoms with Crippen molar-refractivity contribution in [3.63, 3.8) is 0 Å². The highest BCUT2D eigenvalue weighted by Gasteiger charge is 2.35. The van der Waals surface area contributed by atoms with Crippen LogP contribution >= 0.6 is 23.4 Å². The molecule has 0 radical (unpaired) electrons. The first-order chi connectivity index (χ1) is 12.9. The molecule has 0 spiro atoms. The maximum atomic E-state index is 13.4. The molecule has 4 aromatic rings. The van der Waals surface area contributed by atoms with Crippen LogP contribution in [0.4, 0.5) is 13.2 Å². The summed E-state index contributed by atoms with van der Waals surface area (Å²) < 4.78 is 41.1. The number of aromatic amines is 1. The largest absolute Gasteiger partial charge is 0.418 e. The Labute approximate surface area is 159 Å². The Hall–Kier alpha value is -2.59. The Morgan fingerprint density at radius 3 is 2.74 bits per heavy atom. The smallest absolute Gasteiger partial charge is 0.333 e. The van der Waals surface area contributed by atoms with Crippen LogP contribution in [0.15, 0.2) is 47.6 Å². The van der Waals surface area contributed by atoms with Gasteiger partial charge in [0, 0.05) is 5.02 Å². The molecule has 0 aliphatic heterocycles. The van der Waals surface area contributed by atoms with Crippen LogP contribution in [0.1, 0.15) is 11.4 Å². The summed E-state index contributed by atoms with van der Waals surface area (Å²) in [7, 11) is 0. The third kappa shape index (κ3) is 3.62. The summed E-state index contributed by atoms with van der Waals surface area (Å²) in [5, 5.41) is 11.7. The zero-order valence-corrected chi connectivity index (χ0v) is 15.0. The number of nitrogens with zero attached hydrogens (tertiary/aromatic N) is 5. The highest BCUT2D eigenvalue weighted by molar-refractivity contribution is 7.98. The number of hydrogen-bond donors (Lipinski definition) is 1. The van der Waals surface area contributed by atoms with Gasteiger partial charge in [0.2, 0.25) is 0 Å². The number of para-hydroxylation sites is 2. The molecule has 6 nitrogen and oxygen atoms in total. The highest BCUT2D eigenvalue weighted by Crippen LogP contribution is 2.36. The third-order valence-corrected chi connectivity index (χ3v) is 4.84. The van der Waals surface area contributed by atoms with Crippen molar-refractivity contribution in [3.8, 4) is 5.69 Å². The molecule has 4 rings (SSSR count). The van der Waals surface area contributed by atoms with Crippen molar-refractivity contribution in [2.24, 2.45) is 0 Å². The molecule has 0 unspecified atom stereocenters. The van der Waals surface area contributed by atoms with E-state index in [1.54, 1.807) is 0 Å². The summed E-state index contributed by atoms with van der Waals surface area (Å²) in [5.41, 5.74) is 0.586. The zero-order chi connectivity index (χ0) is 19.0. The van der Waals surface area contributed by atoms with E-state index in [-0.39, 0.29) is 22.3 Å². The van der Waals surface area contributed by atoms with Gasteiger partial charge in [-0.05, 0) is 40.8 Å². The lowest BCUT2D eigenvalue weighted by Crippen LogP contribution is -2.13. The molecule has 2 heterocycles. The van der Waals surface area contributed by atoms with E-state index in [1.165, 1.54) is 23.9 Å². The normalized spacial score (nSPS) is 12.0. The Morgan fingerprint density at radius 2 is 1.96 bits per heavy atom. The van der Waals surface area contributed by atoms with Gasteiger partial charge in [0.15, 0.2) is 11.0 Å². The first kappa shape index (κ1) is 17.8. The maximum absolute atomic E-state index is 13.4. The fourth-order valence-corrected chi connectivity index (χ4v) is 3.50. The van der Waals surface area contributed by atoms with Crippen molar-refractivity contribution in [3.05, 3.63) is 58.9 Å². The van der Waals surface area contributed by atoms with Crippen molar-refractivity contribution in [1.29, 1.82) is 0 Å². The molecule has 0 amide bonds. The Balaban J connectivity index is 1.64. The van der Waals surface area contributed by atoms with Crippen LogP contribution in [-0.4, -0.2) is 30.2 Å². The number of aromatic nitrogens is 6. The topological polar surface area (TPSA) is 72.3 Å². The van der Waals surface area contributed by atoms with Gasteiger partial charge in [0.25, 0.3) is 0 Å². The van der Waals surface area contributed by atoms with Crippen molar-refractivity contribution >= 4 is 34.4 Å². The predicted octanol–water partition coefficient (Wildman–Crippen LogP) is 4.50. The summed E-state index contributed by atoms with van der Waals surface area (Å²) >= 11 is 7.02. The zero-order valence-electron chi connectivity index (χ0n) is 13.4. The number of fused-ring (bicyclic) bond motifs is 1. The lowest BCUT2D eigenvalue weighted by atomic mass is 10.1. The van der Waals surface area contributed by atoms with Gasteiger partial charge in [-0.2, -0.15) is 17.9 Å². The Bertz CT molecular complexity index is 1070. The minimum atomic E-state index is -4.59. The van der Waals surface area contributed by atoms with Gasteiger partial charge in [0.1, 0.15) is 0 Å². The number of hydrogen-bond acceptors (Lipinski definition) is 5. The van der Waals surface area contributed by atoms with Crippen molar-refractivity contribution in [2.75, 3.05) is 0 Å². The van der Waals surface area contributed by atoms with E-state index in [0.29, 0.717) is 5.16 Å². The molecule has 0 aliphatic carbocycles. The van der Waals surface area contributed by atoms with E-state index >= 15 is 0 Å². The molecule has 0 atom stereocenters. The van der Waals surface area contributed by atoms with Crippen LogP contribution in [0.3, 0.4) is 0 Å². The molecule has 138 valence electrons. The van der Waals surface area contributed by atoms with E-state index in [1.807, 2.05) is 24.3 Å². The Morgan fingerprint density at radius 1 is 1.15 bits per heavy atom. The lowest BCUT2D eigenvalue weighted by molar-refractivity contribution is -0.137. The van der Waals surface area contributed by atoms with Gasteiger partial charge in [-0.25, -0.2) is 4.98 Å². The molecule has 0 aliphatic rings. The van der Waals surface area contributed by atoms with Crippen LogP contribution in [-0.2, 0) is 11.9 Å². The van der Waals surface area contributed by atoms with Gasteiger partial charge in [-0.15, -0.1) is 5.10 Å². The van der Waals surface area contributed by atoms with E-state index in [9.17, 15) is 13.2 Å². The molecule has 2 aromatic carbocycles. The second-order valence-electron chi connectivity index (χ2n) is 5.51. The third-order valence-electron chi connectivity index (χ3n) is 3.73. The fourth-order valence-electron chi connectivity index (χ4n) is 2.53. The molecule has 11 heteroatoms. The quantitative estimate of drug-likeness (QED) is 0.501. The van der Waals surface area contributed by atoms with E-state index < -0.39 is 11.7 Å². The molecule has 1 N–H and O–H groups in total. The molecule has 27 heavy (non-hydrogen) atoms. The average Bonchev–Trinajstić information content (AvgIpc) is 3.25. The minimum Gasteiger partial charge on any atom is -0.333 e. The van der Waals surface area contributed by atoms with Gasteiger partial charge >= 0.3 is 6.18 Å². The maximum Gasteiger partial charge on any atom is 0.418 e. The molecular formula is C16H10ClF3N6S. The standard InChI is InChI=1S/C16H10ClF3N6S/c17-9-5-6-13(10(7-9)16(18,19)20)26-14(23-24-25-26)8-27-15-21-11-3-1-2-4-12(11)22-15/h1-7H,8H2,(H,21,22). The molecular weight excluding hydrogens is 401 g/mol. The number of alkyl halides is 3. The number of rotatable bonds is 4. The van der Waals surface area contributed by atoms with Gasteiger partial charge in [-0.1, -0.05) is 35.5 Å². The first-order valence-electron chi connectivity index (χ1n) is 7.64. The first-order valence-corrected chi connectivity index (χ1v) is 9.00. The second-order valence-corrected chi connectivity index (χ2v) is 6.91. The monoisotopic (exact) mass is 410 g/mol. The van der Waals surface area contributed by atoms with Gasteiger partial charge in [-0.3, -0.25) is 0 Å². The molecule has 0 saturated carbocycles. The number of imidazole rings is 1. The highest BCUT2D eigenvalue weighted by atomic mass is 35.5. The average molecular weight is 411 g/mol. The molecule has 2 aromatic heterocycles. The Kier molecular flexibility index (Phi) is 4.52. The second kappa shape index (κ2) is 6.86. The van der Waals surface area contributed by atoms with Crippen LogP contribution in [0.5, 0.6) is 0 Å². The molecule has 0 saturated heterocycles. The SMILES string of the molecule is FC(F)(F)c1cc(Cl)ccc1-n1nnnc1CSc1nc2ccccc2[nH]1. The van der Waals surface area contributed by atoms with Crippen molar-refractivity contribution in [2.45, 2.75) is 17.1 Å². The lowest BCUT2D eigenvalue weighted by Gasteiger charge is -2.13. The number of thioether (sulfide) groups is 1. The molecule has 0 bridgehead atoms. The van der Waals surface area contributed by atoms with Gasteiger partial charge in [0.05, 0.1) is 28.0 Å². The van der Waals surface area contributed by atoms with Crippen LogP contribution in [0, 0.1) is 0 Å². The summed E-state index contributed by atoms with van der Waals surface area (Å²) in [6, 6.07) is 11.0. The minimum absolute atomic E-state index is 0.0163. The summed E-state index contributed by atoms with van der Waals surface area (Å²) in [4.78, 5) is 7.55. The van der Waals surface area contributed by atoms with E-state index in [0.717, 1.165) is 21.8 Å². The predicted molar refractivity (Wildman–Crippen MR) is 94.8 cm³/mol. The fraction of sp³-hybridized carbons (Fsp3) is 0.125. The summed E-state index contributed by atoms with van der Waals surface area (Å²) in [5.74, 6) is 0.487. The van der Waals surface area contributed by atoms with Crippen LogP contribution < -0.4 is 0 Å². The number of halogens is 4. The number of H-pyrrole nitrogens is 1. The number of tetrazole rings is 1. The number of benzene rings is 2.